The molecule has 0 atom stereocenters. The highest BCUT2D eigenvalue weighted by molar-refractivity contribution is 5.97. The Morgan fingerprint density at radius 2 is 2.08 bits per heavy atom. The van der Waals surface area contributed by atoms with Crippen LogP contribution in [0.5, 0.6) is 0 Å². The predicted octanol–water partition coefficient (Wildman–Crippen LogP) is 1.33. The topological polar surface area (TPSA) is 80.1 Å². The van der Waals surface area contributed by atoms with E-state index in [4.69, 9.17) is 0 Å². The van der Waals surface area contributed by atoms with Crippen LogP contribution >= 0.6 is 0 Å². The lowest BCUT2D eigenvalue weighted by molar-refractivity contribution is -0.124. The molecule has 1 aliphatic rings. The van der Waals surface area contributed by atoms with Crippen molar-refractivity contribution in [3.05, 3.63) is 41.7 Å². The van der Waals surface area contributed by atoms with E-state index in [1.807, 2.05) is 25.1 Å². The fourth-order valence-electron chi connectivity index (χ4n) is 3.02. The number of benzene rings is 1. The summed E-state index contributed by atoms with van der Waals surface area (Å²) in [5.41, 5.74) is 2.76. The summed E-state index contributed by atoms with van der Waals surface area (Å²) < 4.78 is 1.67. The average molecular weight is 341 g/mol. The van der Waals surface area contributed by atoms with Crippen molar-refractivity contribution in [1.82, 2.24) is 20.3 Å². The first-order valence-electron chi connectivity index (χ1n) is 8.71. The van der Waals surface area contributed by atoms with Gasteiger partial charge in [0.1, 0.15) is 0 Å². The number of rotatable bonds is 5. The molecule has 3 rings (SSSR count). The molecular weight excluding hydrogens is 318 g/mol. The lowest BCUT2D eigenvalue weighted by Crippen LogP contribution is -2.41. The fraction of sp³-hybridized carbons (Fsp3) is 0.444. The third-order valence-electron chi connectivity index (χ3n) is 4.35. The number of aryl methyl sites for hydroxylation is 2. The Labute approximate surface area is 147 Å². The van der Waals surface area contributed by atoms with Crippen molar-refractivity contribution >= 4 is 17.5 Å². The number of nitrogens with zero attached hydrogens (tertiary/aromatic N) is 4. The number of anilines is 1. The van der Waals surface area contributed by atoms with Crippen molar-refractivity contribution in [1.29, 1.82) is 0 Å². The SMILES string of the molecule is CCn1cc(CC(=O)NCC(=O)N2CCCCc3ccccc32)nn1. The molecule has 0 radical (unpaired) electrons. The summed E-state index contributed by atoms with van der Waals surface area (Å²) in [7, 11) is 0. The van der Waals surface area contributed by atoms with Gasteiger partial charge in [0.2, 0.25) is 11.8 Å². The fourth-order valence-corrected chi connectivity index (χ4v) is 3.02. The monoisotopic (exact) mass is 341 g/mol. The van der Waals surface area contributed by atoms with Gasteiger partial charge in [-0.05, 0) is 37.8 Å². The van der Waals surface area contributed by atoms with E-state index in [-0.39, 0.29) is 24.8 Å². The standard InChI is InChI=1S/C18H23N5O2/c1-2-22-13-15(20-21-22)11-17(24)19-12-18(25)23-10-6-5-8-14-7-3-4-9-16(14)23/h3-4,7,9,13H,2,5-6,8,10-12H2,1H3,(H,19,24). The Bertz CT molecular complexity index is 755. The lowest BCUT2D eigenvalue weighted by atomic mass is 10.1. The molecule has 0 bridgehead atoms. The second-order valence-corrected chi connectivity index (χ2v) is 6.15. The van der Waals surface area contributed by atoms with Crippen molar-refractivity contribution in [2.45, 2.75) is 39.2 Å². The van der Waals surface area contributed by atoms with Crippen molar-refractivity contribution in [2.24, 2.45) is 0 Å². The maximum atomic E-state index is 12.6. The van der Waals surface area contributed by atoms with Crippen molar-refractivity contribution in [3.8, 4) is 0 Å². The Kier molecular flexibility index (Phi) is 5.42. The molecule has 0 unspecified atom stereocenters. The molecule has 1 N–H and O–H groups in total. The molecule has 2 aromatic rings. The molecule has 0 saturated heterocycles. The summed E-state index contributed by atoms with van der Waals surface area (Å²) in [6.45, 7) is 3.35. The molecule has 2 amide bonds. The largest absolute Gasteiger partial charge is 0.347 e. The van der Waals surface area contributed by atoms with Gasteiger partial charge in [-0.2, -0.15) is 0 Å². The zero-order valence-corrected chi connectivity index (χ0v) is 14.4. The maximum absolute atomic E-state index is 12.6. The Hall–Kier alpha value is -2.70. The lowest BCUT2D eigenvalue weighted by Gasteiger charge is -2.23. The number of hydrogen-bond acceptors (Lipinski definition) is 4. The second-order valence-electron chi connectivity index (χ2n) is 6.15. The van der Waals surface area contributed by atoms with Crippen LogP contribution in [0.25, 0.3) is 0 Å². The van der Waals surface area contributed by atoms with E-state index in [2.05, 4.69) is 21.7 Å². The number of hydrogen-bond donors (Lipinski definition) is 1. The van der Waals surface area contributed by atoms with E-state index in [0.29, 0.717) is 18.8 Å². The molecule has 1 aromatic heterocycles. The third kappa shape index (κ3) is 4.23. The van der Waals surface area contributed by atoms with E-state index < -0.39 is 0 Å². The van der Waals surface area contributed by atoms with E-state index >= 15 is 0 Å². The second kappa shape index (κ2) is 7.92. The summed E-state index contributed by atoms with van der Waals surface area (Å²) in [5, 5.41) is 10.5. The van der Waals surface area contributed by atoms with E-state index in [1.165, 1.54) is 5.56 Å². The molecule has 0 aliphatic carbocycles. The molecular formula is C18H23N5O2. The van der Waals surface area contributed by atoms with Crippen LogP contribution in [-0.4, -0.2) is 39.9 Å². The maximum Gasteiger partial charge on any atom is 0.246 e. The van der Waals surface area contributed by atoms with Gasteiger partial charge in [-0.3, -0.25) is 14.3 Å². The van der Waals surface area contributed by atoms with Crippen molar-refractivity contribution in [3.63, 3.8) is 0 Å². The number of carbonyl (C=O) groups excluding carboxylic acids is 2. The number of fused-ring (bicyclic) bond motifs is 1. The smallest absolute Gasteiger partial charge is 0.246 e. The van der Waals surface area contributed by atoms with Gasteiger partial charge in [0.15, 0.2) is 0 Å². The molecule has 0 spiro atoms. The van der Waals surface area contributed by atoms with Crippen LogP contribution in [0.4, 0.5) is 5.69 Å². The van der Waals surface area contributed by atoms with Gasteiger partial charge in [-0.25, -0.2) is 0 Å². The van der Waals surface area contributed by atoms with Crippen LogP contribution in [0.15, 0.2) is 30.5 Å². The first-order chi connectivity index (χ1) is 12.2. The summed E-state index contributed by atoms with van der Waals surface area (Å²) in [6, 6.07) is 7.98. The van der Waals surface area contributed by atoms with Gasteiger partial charge in [-0.1, -0.05) is 23.4 Å². The average Bonchev–Trinajstić information content (AvgIpc) is 2.96. The minimum atomic E-state index is -0.223. The number of nitrogens with one attached hydrogen (secondary N) is 1. The predicted molar refractivity (Wildman–Crippen MR) is 94.1 cm³/mol. The van der Waals surface area contributed by atoms with E-state index in [9.17, 15) is 9.59 Å². The Balaban J connectivity index is 1.57. The molecule has 7 nitrogen and oxygen atoms in total. The van der Waals surface area contributed by atoms with Crippen LogP contribution in [0, 0.1) is 0 Å². The van der Waals surface area contributed by atoms with Gasteiger partial charge < -0.3 is 10.2 Å². The summed E-state index contributed by atoms with van der Waals surface area (Å²) in [4.78, 5) is 26.4. The van der Waals surface area contributed by atoms with Gasteiger partial charge in [0, 0.05) is 25.0 Å². The number of aromatic nitrogens is 3. The van der Waals surface area contributed by atoms with Crippen LogP contribution < -0.4 is 10.2 Å². The quantitative estimate of drug-likeness (QED) is 0.890. The van der Waals surface area contributed by atoms with Crippen LogP contribution in [0.2, 0.25) is 0 Å². The van der Waals surface area contributed by atoms with E-state index in [0.717, 1.165) is 24.9 Å². The number of para-hydroxylation sites is 1. The highest BCUT2D eigenvalue weighted by Gasteiger charge is 2.21. The minimum absolute atomic E-state index is 0.00488. The molecule has 132 valence electrons. The summed E-state index contributed by atoms with van der Waals surface area (Å²) in [6.07, 6.45) is 4.89. The van der Waals surface area contributed by atoms with Crippen molar-refractivity contribution in [2.75, 3.05) is 18.0 Å². The minimum Gasteiger partial charge on any atom is -0.347 e. The normalized spacial score (nSPS) is 13.9. The number of carbonyl (C=O) groups is 2. The third-order valence-corrected chi connectivity index (χ3v) is 4.35. The summed E-state index contributed by atoms with van der Waals surface area (Å²) >= 11 is 0. The van der Waals surface area contributed by atoms with Gasteiger partial charge in [-0.15, -0.1) is 5.10 Å². The number of amides is 2. The van der Waals surface area contributed by atoms with Gasteiger partial charge in [0.05, 0.1) is 18.7 Å². The van der Waals surface area contributed by atoms with Crippen LogP contribution in [-0.2, 0) is 29.0 Å². The first kappa shape index (κ1) is 17.1. The van der Waals surface area contributed by atoms with Gasteiger partial charge >= 0.3 is 0 Å². The zero-order valence-electron chi connectivity index (χ0n) is 14.4. The summed E-state index contributed by atoms with van der Waals surface area (Å²) in [5.74, 6) is -0.306. The molecule has 0 fully saturated rings. The molecule has 0 saturated carbocycles. The first-order valence-corrected chi connectivity index (χ1v) is 8.71. The molecule has 1 aromatic carbocycles. The molecule has 2 heterocycles. The highest BCUT2D eigenvalue weighted by Crippen LogP contribution is 2.25. The van der Waals surface area contributed by atoms with E-state index in [1.54, 1.807) is 15.8 Å². The van der Waals surface area contributed by atoms with Gasteiger partial charge in [0.25, 0.3) is 0 Å². The zero-order chi connectivity index (χ0) is 17.6. The van der Waals surface area contributed by atoms with Crippen molar-refractivity contribution < 1.29 is 9.59 Å². The van der Waals surface area contributed by atoms with Crippen LogP contribution in [0.3, 0.4) is 0 Å². The molecule has 7 heteroatoms. The highest BCUT2D eigenvalue weighted by atomic mass is 16.2. The molecule has 1 aliphatic heterocycles. The Morgan fingerprint density at radius 1 is 1.24 bits per heavy atom. The van der Waals surface area contributed by atoms with Crippen LogP contribution in [0.1, 0.15) is 31.0 Å². The molecule has 25 heavy (non-hydrogen) atoms. The Morgan fingerprint density at radius 3 is 2.88 bits per heavy atom.